The maximum Gasteiger partial charge on any atom is 0.323 e. The minimum Gasteiger partial charge on any atom is -0.480 e. The van der Waals surface area contributed by atoms with Crippen LogP contribution in [0, 0.1) is 0 Å². The first kappa shape index (κ1) is 12.2. The lowest BCUT2D eigenvalue weighted by Crippen LogP contribution is -2.67. The number of carboxylic acid groups (broad SMARTS) is 1. The van der Waals surface area contributed by atoms with Crippen LogP contribution in [0.4, 0.5) is 4.79 Å². The number of urea groups is 1. The Bertz CT molecular complexity index is 361. The molecule has 0 bridgehead atoms. The normalized spacial score (nSPS) is 36.2. The second-order valence-corrected chi connectivity index (χ2v) is 5.71. The average molecular weight is 241 g/mol. The molecule has 2 amide bonds. The molecule has 0 unspecified atom stereocenters. The van der Waals surface area contributed by atoms with Crippen molar-refractivity contribution in [3.05, 3.63) is 0 Å². The number of carbonyl (C=O) groups is 2. The molecule has 2 rings (SSSR count). The second-order valence-electron chi connectivity index (χ2n) is 5.71. The molecule has 17 heavy (non-hydrogen) atoms. The zero-order valence-corrected chi connectivity index (χ0v) is 10.5. The Kier molecular flexibility index (Phi) is 2.57. The van der Waals surface area contributed by atoms with Crippen molar-refractivity contribution in [2.45, 2.75) is 30.8 Å². The van der Waals surface area contributed by atoms with Gasteiger partial charge in [0, 0.05) is 12.1 Å². The third-order valence-electron chi connectivity index (χ3n) is 4.00. The van der Waals surface area contributed by atoms with Crippen molar-refractivity contribution in [3.8, 4) is 0 Å². The summed E-state index contributed by atoms with van der Waals surface area (Å²) in [7, 11) is 4.05. The van der Waals surface area contributed by atoms with Crippen molar-refractivity contribution >= 4 is 12.0 Å². The lowest BCUT2D eigenvalue weighted by Gasteiger charge is -2.55. The lowest BCUT2D eigenvalue weighted by molar-refractivity contribution is -0.137. The molecule has 1 saturated carbocycles. The number of carbonyl (C=O) groups excluding carboxylic acids is 1. The summed E-state index contributed by atoms with van der Waals surface area (Å²) in [5, 5.41) is 11.6. The highest BCUT2D eigenvalue weighted by molar-refractivity contribution is 5.83. The van der Waals surface area contributed by atoms with Crippen LogP contribution < -0.4 is 5.32 Å². The lowest BCUT2D eigenvalue weighted by atomic mass is 9.63. The smallest absolute Gasteiger partial charge is 0.323 e. The van der Waals surface area contributed by atoms with Gasteiger partial charge in [-0.25, -0.2) is 4.79 Å². The van der Waals surface area contributed by atoms with Crippen LogP contribution in [0.15, 0.2) is 0 Å². The topological polar surface area (TPSA) is 72.9 Å². The van der Waals surface area contributed by atoms with E-state index in [2.05, 4.69) is 17.1 Å². The average Bonchev–Trinajstić information content (AvgIpc) is 2.40. The van der Waals surface area contributed by atoms with E-state index in [-0.39, 0.29) is 23.7 Å². The predicted molar refractivity (Wildman–Crippen MR) is 61.8 cm³/mol. The van der Waals surface area contributed by atoms with Crippen molar-refractivity contribution in [1.82, 2.24) is 15.1 Å². The zero-order valence-electron chi connectivity index (χ0n) is 10.5. The summed E-state index contributed by atoms with van der Waals surface area (Å²) in [6, 6.07) is -0.256. The number of nitrogens with zero attached hydrogens (tertiary/aromatic N) is 2. The predicted octanol–water partition coefficient (Wildman–Crippen LogP) is -0.0509. The van der Waals surface area contributed by atoms with E-state index in [1.165, 1.54) is 4.90 Å². The van der Waals surface area contributed by atoms with E-state index in [0.717, 1.165) is 12.8 Å². The number of hydrogen-bond donors (Lipinski definition) is 2. The maximum atomic E-state index is 11.6. The fourth-order valence-electron chi connectivity index (χ4n) is 3.00. The van der Waals surface area contributed by atoms with Crippen molar-refractivity contribution in [3.63, 3.8) is 0 Å². The summed E-state index contributed by atoms with van der Waals surface area (Å²) >= 11 is 0. The van der Waals surface area contributed by atoms with Gasteiger partial charge < -0.3 is 20.2 Å². The zero-order chi connectivity index (χ0) is 12.8. The van der Waals surface area contributed by atoms with Gasteiger partial charge >= 0.3 is 12.0 Å². The Labute approximate surface area is 101 Å². The minimum absolute atomic E-state index is 0.104. The largest absolute Gasteiger partial charge is 0.480 e. The first-order valence-corrected chi connectivity index (χ1v) is 5.73. The molecule has 1 saturated heterocycles. The monoisotopic (exact) mass is 241 g/mol. The Hall–Kier alpha value is -1.30. The first-order valence-electron chi connectivity index (χ1n) is 5.73. The molecule has 1 aliphatic carbocycles. The van der Waals surface area contributed by atoms with Gasteiger partial charge in [-0.1, -0.05) is 0 Å². The molecule has 6 nitrogen and oxygen atoms in total. The molecular weight excluding hydrogens is 222 g/mol. The second kappa shape index (κ2) is 3.60. The molecule has 1 heterocycles. The minimum atomic E-state index is -0.966. The number of aliphatic carboxylic acids is 1. The summed E-state index contributed by atoms with van der Waals surface area (Å²) in [4.78, 5) is 25.8. The highest BCUT2D eigenvalue weighted by Gasteiger charge is 2.58. The summed E-state index contributed by atoms with van der Waals surface area (Å²) in [6.07, 6.45) is 1.74. The molecule has 0 aromatic carbocycles. The highest BCUT2D eigenvalue weighted by atomic mass is 16.4. The summed E-state index contributed by atoms with van der Waals surface area (Å²) in [5.41, 5.74) is -0.113. The summed E-state index contributed by atoms with van der Waals surface area (Å²) in [6.45, 7) is 2.44. The molecule has 2 fully saturated rings. The summed E-state index contributed by atoms with van der Waals surface area (Å²) < 4.78 is 0. The fourth-order valence-corrected chi connectivity index (χ4v) is 3.00. The Morgan fingerprint density at radius 2 is 2.12 bits per heavy atom. The Balaban J connectivity index is 1.99. The van der Waals surface area contributed by atoms with Crippen LogP contribution in [0.5, 0.6) is 0 Å². The van der Waals surface area contributed by atoms with E-state index in [1.807, 2.05) is 14.1 Å². The van der Waals surface area contributed by atoms with Gasteiger partial charge in [0.2, 0.25) is 0 Å². The van der Waals surface area contributed by atoms with Crippen molar-refractivity contribution in [2.24, 2.45) is 0 Å². The SMILES string of the molecule is CN(C)C1(C)CC2(CN(CC(=O)O)C(=O)N2)C1. The van der Waals surface area contributed by atoms with Gasteiger partial charge in [-0.3, -0.25) is 4.79 Å². The van der Waals surface area contributed by atoms with Crippen LogP contribution in [-0.4, -0.2) is 65.2 Å². The molecule has 1 aliphatic heterocycles. The quantitative estimate of drug-likeness (QED) is 0.726. The van der Waals surface area contributed by atoms with Crippen LogP contribution >= 0.6 is 0 Å². The van der Waals surface area contributed by atoms with Crippen molar-refractivity contribution < 1.29 is 14.7 Å². The highest BCUT2D eigenvalue weighted by Crippen LogP contribution is 2.46. The van der Waals surface area contributed by atoms with E-state index in [4.69, 9.17) is 5.11 Å². The van der Waals surface area contributed by atoms with Gasteiger partial charge in [0.05, 0.1) is 5.54 Å². The molecule has 0 aromatic heterocycles. The van der Waals surface area contributed by atoms with Gasteiger partial charge in [-0.15, -0.1) is 0 Å². The number of hydrogen-bond acceptors (Lipinski definition) is 3. The molecule has 2 aliphatic rings. The van der Waals surface area contributed by atoms with Crippen molar-refractivity contribution in [2.75, 3.05) is 27.2 Å². The van der Waals surface area contributed by atoms with Crippen LogP contribution in [-0.2, 0) is 4.79 Å². The van der Waals surface area contributed by atoms with Gasteiger partial charge in [-0.05, 0) is 33.9 Å². The number of carboxylic acids is 1. The van der Waals surface area contributed by atoms with Gasteiger partial charge in [0.25, 0.3) is 0 Å². The molecule has 0 aromatic rings. The number of amides is 2. The Morgan fingerprint density at radius 3 is 2.59 bits per heavy atom. The molecule has 2 N–H and O–H groups in total. The Morgan fingerprint density at radius 1 is 1.53 bits per heavy atom. The van der Waals surface area contributed by atoms with E-state index < -0.39 is 5.97 Å². The van der Waals surface area contributed by atoms with Gasteiger partial charge in [0.1, 0.15) is 6.54 Å². The third kappa shape index (κ3) is 1.97. The molecule has 96 valence electrons. The molecule has 0 atom stereocenters. The molecule has 1 spiro atoms. The van der Waals surface area contributed by atoms with Crippen molar-refractivity contribution in [1.29, 1.82) is 0 Å². The molecule has 6 heteroatoms. The van der Waals surface area contributed by atoms with E-state index in [9.17, 15) is 9.59 Å². The van der Waals surface area contributed by atoms with Crippen LogP contribution in [0.3, 0.4) is 0 Å². The number of nitrogens with one attached hydrogen (secondary N) is 1. The van der Waals surface area contributed by atoms with E-state index >= 15 is 0 Å². The summed E-state index contributed by atoms with van der Waals surface area (Å²) in [5.74, 6) is -0.966. The van der Waals surface area contributed by atoms with Crippen LogP contribution in [0.1, 0.15) is 19.8 Å². The fraction of sp³-hybridized carbons (Fsp3) is 0.818. The van der Waals surface area contributed by atoms with Crippen LogP contribution in [0.25, 0.3) is 0 Å². The molecule has 0 radical (unpaired) electrons. The van der Waals surface area contributed by atoms with Crippen LogP contribution in [0.2, 0.25) is 0 Å². The van der Waals surface area contributed by atoms with E-state index in [1.54, 1.807) is 0 Å². The van der Waals surface area contributed by atoms with Gasteiger partial charge in [0.15, 0.2) is 0 Å². The maximum absolute atomic E-state index is 11.6. The van der Waals surface area contributed by atoms with E-state index in [0.29, 0.717) is 6.54 Å². The first-order chi connectivity index (χ1) is 7.76. The standard InChI is InChI=1S/C11H19N3O3/c1-10(13(2)3)5-11(6-10)7-14(4-8(15)16)9(17)12-11/h4-7H2,1-3H3,(H,12,17)(H,15,16). The molecular formula is C11H19N3O3. The number of rotatable bonds is 3. The van der Waals surface area contributed by atoms with Gasteiger partial charge in [-0.2, -0.15) is 0 Å². The third-order valence-corrected chi connectivity index (χ3v) is 4.00.